The second kappa shape index (κ2) is 17.0. The summed E-state index contributed by atoms with van der Waals surface area (Å²) in [6.45, 7) is 21.8. The predicted octanol–water partition coefficient (Wildman–Crippen LogP) is 7.48. The van der Waals surface area contributed by atoms with Gasteiger partial charge in [0.1, 0.15) is 31.0 Å². The first-order chi connectivity index (χ1) is 17.6. The minimum Gasteiger partial charge on any atom is -0.463 e. The molecule has 0 spiro atoms. The van der Waals surface area contributed by atoms with Crippen molar-refractivity contribution < 1.29 is 32.3 Å². The number of hydrogen-bond acceptors (Lipinski definition) is 7. The summed E-state index contributed by atoms with van der Waals surface area (Å²) in [7, 11) is -4.30. The van der Waals surface area contributed by atoms with E-state index in [4.69, 9.17) is 27.5 Å². The molecule has 0 aliphatic carbocycles. The maximum Gasteiger partial charge on any atom is 0.305 e. The average molecular weight is 593 g/mol. The van der Waals surface area contributed by atoms with Crippen molar-refractivity contribution in [2.24, 2.45) is 0 Å². The van der Waals surface area contributed by atoms with Crippen molar-refractivity contribution in [2.75, 3.05) is 13.7 Å². The zero-order valence-corrected chi connectivity index (χ0v) is 29.5. The Morgan fingerprint density at radius 1 is 0.658 bits per heavy atom. The second-order valence-corrected chi connectivity index (χ2v) is 27.0. The third kappa shape index (κ3) is 15.6. The molecule has 5 atom stereocenters. The fourth-order valence-electron chi connectivity index (χ4n) is 4.66. The van der Waals surface area contributed by atoms with Crippen LogP contribution in [-0.4, -0.2) is 75.3 Å². The van der Waals surface area contributed by atoms with Crippen LogP contribution in [-0.2, 0) is 32.3 Å². The molecule has 0 saturated carbocycles. The molecular weight excluding hydrogens is 533 g/mol. The van der Waals surface area contributed by atoms with Crippen molar-refractivity contribution >= 4 is 30.9 Å². The molecule has 10 heteroatoms. The van der Waals surface area contributed by atoms with E-state index in [0.29, 0.717) is 6.42 Å². The summed E-state index contributed by atoms with van der Waals surface area (Å²) in [4.78, 5) is 12.6. The van der Waals surface area contributed by atoms with Gasteiger partial charge in [0.2, 0.25) is 0 Å². The summed E-state index contributed by atoms with van der Waals surface area (Å²) >= 11 is 0. The summed E-state index contributed by atoms with van der Waals surface area (Å²) in [5.74, 6) is -0.180. The second-order valence-electron chi connectivity index (χ2n) is 13.6. The summed E-state index contributed by atoms with van der Waals surface area (Å²) in [5, 5.41) is 0. The molecule has 0 N–H and O–H groups in total. The Balaban J connectivity index is 2.83. The van der Waals surface area contributed by atoms with Gasteiger partial charge in [-0.25, -0.2) is 0 Å². The Morgan fingerprint density at radius 3 is 1.58 bits per heavy atom. The van der Waals surface area contributed by atoms with Crippen molar-refractivity contribution in [3.05, 3.63) is 0 Å². The van der Waals surface area contributed by atoms with Crippen LogP contribution in [0.15, 0.2) is 0 Å². The molecule has 0 aromatic carbocycles. The van der Waals surface area contributed by atoms with Gasteiger partial charge in [-0.2, -0.15) is 0 Å². The molecule has 7 nitrogen and oxygen atoms in total. The molecule has 1 aliphatic heterocycles. The lowest BCUT2D eigenvalue weighted by Crippen LogP contribution is -2.66. The summed E-state index contributed by atoms with van der Waals surface area (Å²) in [5.41, 5.74) is 0. The molecule has 0 radical (unpaired) electrons. The van der Waals surface area contributed by atoms with E-state index in [2.05, 4.69) is 65.8 Å². The normalized spacial score (nSPS) is 25.0. The van der Waals surface area contributed by atoms with E-state index in [9.17, 15) is 4.79 Å². The van der Waals surface area contributed by atoms with Crippen LogP contribution in [0.3, 0.4) is 0 Å². The average Bonchev–Trinajstić information content (AvgIpc) is 2.77. The summed E-state index contributed by atoms with van der Waals surface area (Å²) in [6.07, 6.45) is 9.11. The topological polar surface area (TPSA) is 72.5 Å². The number of rotatable bonds is 19. The molecular formula is C28H60O7Si3. The van der Waals surface area contributed by atoms with Crippen LogP contribution in [0, 0.1) is 0 Å². The number of ether oxygens (including phenoxy) is 3. The monoisotopic (exact) mass is 592 g/mol. The van der Waals surface area contributed by atoms with Gasteiger partial charge in [-0.3, -0.25) is 4.79 Å². The van der Waals surface area contributed by atoms with Crippen LogP contribution in [0.4, 0.5) is 0 Å². The third-order valence-electron chi connectivity index (χ3n) is 6.19. The molecule has 0 aromatic heterocycles. The lowest BCUT2D eigenvalue weighted by atomic mass is 9.99. The number of carbonyl (C=O) groups excluding carboxylic acids is 1. The van der Waals surface area contributed by atoms with Crippen molar-refractivity contribution in [3.63, 3.8) is 0 Å². The smallest absolute Gasteiger partial charge is 0.305 e. The van der Waals surface area contributed by atoms with Crippen LogP contribution in [0.25, 0.3) is 0 Å². The van der Waals surface area contributed by atoms with E-state index in [1.165, 1.54) is 44.9 Å². The molecule has 0 amide bonds. The Labute approximate surface area is 237 Å². The van der Waals surface area contributed by atoms with Gasteiger partial charge in [0.15, 0.2) is 31.2 Å². The van der Waals surface area contributed by atoms with Crippen LogP contribution in [0.5, 0.6) is 0 Å². The van der Waals surface area contributed by atoms with Gasteiger partial charge in [0.05, 0.1) is 0 Å². The highest BCUT2D eigenvalue weighted by molar-refractivity contribution is 6.70. The molecule has 0 bridgehead atoms. The van der Waals surface area contributed by atoms with Gasteiger partial charge >= 0.3 is 5.97 Å². The Hall–Kier alpha value is -0.0794. The number of esters is 1. The van der Waals surface area contributed by atoms with Crippen molar-refractivity contribution in [1.82, 2.24) is 0 Å². The third-order valence-corrected chi connectivity index (χ3v) is 9.12. The maximum absolute atomic E-state index is 12.6. The van der Waals surface area contributed by atoms with Gasteiger partial charge in [0.25, 0.3) is 0 Å². The lowest BCUT2D eigenvalue weighted by Gasteiger charge is -2.50. The van der Waals surface area contributed by atoms with Crippen LogP contribution in [0.2, 0.25) is 58.9 Å². The van der Waals surface area contributed by atoms with Gasteiger partial charge in [0, 0.05) is 13.5 Å². The van der Waals surface area contributed by atoms with Crippen molar-refractivity contribution in [1.29, 1.82) is 0 Å². The fourth-order valence-corrected chi connectivity index (χ4v) is 7.90. The highest BCUT2D eigenvalue weighted by atomic mass is 28.4. The number of methoxy groups -OCH3 is 1. The fraction of sp³-hybridized carbons (Fsp3) is 0.964. The van der Waals surface area contributed by atoms with E-state index < -0.39 is 49.6 Å². The van der Waals surface area contributed by atoms with Crippen molar-refractivity contribution in [3.8, 4) is 0 Å². The largest absolute Gasteiger partial charge is 0.463 e. The minimum atomic E-state index is -2.00. The molecule has 1 fully saturated rings. The van der Waals surface area contributed by atoms with Crippen LogP contribution in [0.1, 0.15) is 71.1 Å². The summed E-state index contributed by atoms with van der Waals surface area (Å²) < 4.78 is 37.9. The van der Waals surface area contributed by atoms with Crippen molar-refractivity contribution in [2.45, 2.75) is 161 Å². The molecule has 1 aliphatic rings. The van der Waals surface area contributed by atoms with Gasteiger partial charge in [-0.05, 0) is 65.3 Å². The zero-order chi connectivity index (χ0) is 29.0. The summed E-state index contributed by atoms with van der Waals surface area (Å²) in [6, 6.07) is 0. The van der Waals surface area contributed by atoms with E-state index in [1.807, 2.05) is 0 Å². The first-order valence-electron chi connectivity index (χ1n) is 14.9. The van der Waals surface area contributed by atoms with Crippen LogP contribution >= 0.6 is 0 Å². The highest BCUT2D eigenvalue weighted by Crippen LogP contribution is 2.34. The SMILES string of the molecule is CCCCCCCCCCCC(=O)OC[C@H]1O[C@H](OC)[C@H](O[Si](C)(C)C)[C@@H](O[Si](C)(C)C)[C@@H]1O[Si](C)(C)C. The van der Waals surface area contributed by atoms with E-state index in [1.54, 1.807) is 7.11 Å². The Kier molecular flexibility index (Phi) is 16.1. The zero-order valence-electron chi connectivity index (χ0n) is 26.5. The van der Waals surface area contributed by atoms with E-state index in [0.717, 1.165) is 12.8 Å². The quantitative estimate of drug-likeness (QED) is 0.0874. The number of unbranched alkanes of at least 4 members (excludes halogenated alkanes) is 8. The molecule has 1 heterocycles. The maximum atomic E-state index is 12.6. The van der Waals surface area contributed by atoms with E-state index >= 15 is 0 Å². The minimum absolute atomic E-state index is 0.122. The molecule has 1 saturated heterocycles. The molecule has 226 valence electrons. The molecule has 38 heavy (non-hydrogen) atoms. The van der Waals surface area contributed by atoms with E-state index in [-0.39, 0.29) is 18.7 Å². The standard InChI is InChI=1S/C28H60O7Si3/c1-12-13-14-15-16-17-18-19-20-21-24(29)31-22-23-25(33-36(3,4)5)26(34-37(6,7)8)27(28(30-2)32-23)35-38(9,10)11/h23,25-28H,12-22H2,1-11H3/t23-,25-,26+,27-,28+/m1/s1. The molecule has 0 unspecified atom stereocenters. The van der Waals surface area contributed by atoms with Gasteiger partial charge < -0.3 is 27.5 Å². The highest BCUT2D eigenvalue weighted by Gasteiger charge is 2.52. The number of carbonyl (C=O) groups is 1. The Bertz CT molecular complexity index is 658. The molecule has 1 rings (SSSR count). The van der Waals surface area contributed by atoms with Crippen LogP contribution < -0.4 is 0 Å². The van der Waals surface area contributed by atoms with Gasteiger partial charge in [-0.1, -0.05) is 58.3 Å². The first kappa shape index (κ1) is 35.9. The Morgan fingerprint density at radius 2 is 1.11 bits per heavy atom. The van der Waals surface area contributed by atoms with Gasteiger partial charge in [-0.15, -0.1) is 0 Å². The predicted molar refractivity (Wildman–Crippen MR) is 163 cm³/mol. The first-order valence-corrected chi connectivity index (χ1v) is 25.2. The number of hydrogen-bond donors (Lipinski definition) is 0. The molecule has 0 aromatic rings. The lowest BCUT2D eigenvalue weighted by molar-refractivity contribution is -0.285.